The lowest BCUT2D eigenvalue weighted by molar-refractivity contribution is 0.0617. The molecule has 0 saturated heterocycles. The van der Waals surface area contributed by atoms with Crippen LogP contribution >= 0.6 is 11.6 Å². The van der Waals surface area contributed by atoms with E-state index in [-0.39, 0.29) is 6.61 Å². The third-order valence-electron chi connectivity index (χ3n) is 4.45. The average Bonchev–Trinajstić information content (AvgIpc) is 2.64. The van der Waals surface area contributed by atoms with Gasteiger partial charge in [-0.25, -0.2) is 0 Å². The zero-order valence-corrected chi connectivity index (χ0v) is 17.2. The molecule has 2 rings (SSSR count). The van der Waals surface area contributed by atoms with Crippen molar-refractivity contribution in [2.45, 2.75) is 32.9 Å². The van der Waals surface area contributed by atoms with Gasteiger partial charge in [-0.3, -0.25) is 4.90 Å². The lowest BCUT2D eigenvalue weighted by Gasteiger charge is -2.26. The first-order valence-electron chi connectivity index (χ1n) is 9.32. The molecule has 5 heteroatoms. The number of nitrogens with zero attached hydrogens (tertiary/aromatic N) is 1. The number of benzene rings is 2. The van der Waals surface area contributed by atoms with E-state index in [4.69, 9.17) is 21.1 Å². The van der Waals surface area contributed by atoms with Crippen LogP contribution in [-0.4, -0.2) is 49.5 Å². The number of rotatable bonds is 11. The van der Waals surface area contributed by atoms with Crippen LogP contribution in [0.4, 0.5) is 0 Å². The van der Waals surface area contributed by atoms with Crippen molar-refractivity contribution in [2.24, 2.45) is 0 Å². The third kappa shape index (κ3) is 7.89. The lowest BCUT2D eigenvalue weighted by atomic mass is 10.0. The van der Waals surface area contributed by atoms with Gasteiger partial charge in [-0.1, -0.05) is 35.4 Å². The van der Waals surface area contributed by atoms with Gasteiger partial charge >= 0.3 is 0 Å². The van der Waals surface area contributed by atoms with Crippen molar-refractivity contribution in [2.75, 3.05) is 33.4 Å². The van der Waals surface area contributed by atoms with Crippen LogP contribution in [0.15, 0.2) is 42.5 Å². The summed E-state index contributed by atoms with van der Waals surface area (Å²) in [6.07, 6.45) is 0.347. The van der Waals surface area contributed by atoms with E-state index in [1.807, 2.05) is 12.1 Å². The molecule has 148 valence electrons. The maximum absolute atomic E-state index is 10.5. The predicted octanol–water partition coefficient (Wildman–Crippen LogP) is 4.24. The Bertz CT molecular complexity index is 690. The molecule has 1 unspecified atom stereocenters. The Labute approximate surface area is 167 Å². The quantitative estimate of drug-likeness (QED) is 0.582. The van der Waals surface area contributed by atoms with Crippen molar-refractivity contribution in [3.8, 4) is 5.75 Å². The number of halogens is 1. The van der Waals surface area contributed by atoms with Gasteiger partial charge in [0.25, 0.3) is 0 Å². The minimum atomic E-state index is -0.576. The van der Waals surface area contributed by atoms with Crippen molar-refractivity contribution < 1.29 is 14.6 Å². The Morgan fingerprint density at radius 2 is 1.85 bits per heavy atom. The lowest BCUT2D eigenvalue weighted by Crippen LogP contribution is -2.36. The van der Waals surface area contributed by atoms with Crippen LogP contribution in [0.5, 0.6) is 5.75 Å². The topological polar surface area (TPSA) is 41.9 Å². The molecule has 0 amide bonds. The molecule has 2 aromatic carbocycles. The van der Waals surface area contributed by atoms with Gasteiger partial charge in [0.15, 0.2) is 0 Å². The minimum absolute atomic E-state index is 0.245. The first-order chi connectivity index (χ1) is 13.0. The van der Waals surface area contributed by atoms with E-state index in [1.165, 1.54) is 16.7 Å². The van der Waals surface area contributed by atoms with Gasteiger partial charge in [0.2, 0.25) is 0 Å². The van der Waals surface area contributed by atoms with E-state index in [9.17, 15) is 5.11 Å². The van der Waals surface area contributed by atoms with E-state index < -0.39 is 6.10 Å². The summed E-state index contributed by atoms with van der Waals surface area (Å²) in [6, 6.07) is 13.7. The third-order valence-corrected chi connectivity index (χ3v) is 4.70. The van der Waals surface area contributed by atoms with E-state index in [1.54, 1.807) is 19.2 Å². The normalized spacial score (nSPS) is 12.4. The molecule has 0 spiro atoms. The first kappa shape index (κ1) is 21.7. The molecule has 0 heterocycles. The first-order valence-corrected chi connectivity index (χ1v) is 9.69. The second-order valence-electron chi connectivity index (χ2n) is 6.93. The fraction of sp³-hybridized carbons (Fsp3) is 0.455. The predicted molar refractivity (Wildman–Crippen MR) is 111 cm³/mol. The smallest absolute Gasteiger partial charge is 0.119 e. The van der Waals surface area contributed by atoms with Gasteiger partial charge < -0.3 is 14.6 Å². The molecule has 0 bridgehead atoms. The standard InChI is InChI=1S/C22H30ClNO3/c1-17-5-6-18(2)19(13-17)14-24(11-4-12-26-3)15-21(25)16-27-22-9-7-20(23)8-10-22/h5-10,13,21,25H,4,11-12,14-16H2,1-3H3. The molecular weight excluding hydrogens is 362 g/mol. The van der Waals surface area contributed by atoms with Crippen LogP contribution < -0.4 is 4.74 Å². The number of aryl methyl sites for hydroxylation is 2. The zero-order chi connectivity index (χ0) is 19.6. The Morgan fingerprint density at radius 3 is 2.56 bits per heavy atom. The summed E-state index contributed by atoms with van der Waals surface area (Å²) in [5.41, 5.74) is 3.81. The Morgan fingerprint density at radius 1 is 1.11 bits per heavy atom. The molecule has 2 aromatic rings. The largest absolute Gasteiger partial charge is 0.491 e. The van der Waals surface area contributed by atoms with Gasteiger partial charge in [0, 0.05) is 38.4 Å². The van der Waals surface area contributed by atoms with Gasteiger partial charge in [0.05, 0.1) is 0 Å². The van der Waals surface area contributed by atoms with Crippen LogP contribution in [-0.2, 0) is 11.3 Å². The Hall–Kier alpha value is -1.59. The monoisotopic (exact) mass is 391 g/mol. The highest BCUT2D eigenvalue weighted by molar-refractivity contribution is 6.30. The molecule has 0 aliphatic rings. The SMILES string of the molecule is COCCCN(Cc1cc(C)ccc1C)CC(O)COc1ccc(Cl)cc1. The second kappa shape index (κ2) is 11.3. The molecule has 0 aliphatic heterocycles. The fourth-order valence-corrected chi connectivity index (χ4v) is 3.08. The van der Waals surface area contributed by atoms with E-state index >= 15 is 0 Å². The summed E-state index contributed by atoms with van der Waals surface area (Å²) in [4.78, 5) is 2.26. The van der Waals surface area contributed by atoms with Crippen LogP contribution in [0.25, 0.3) is 0 Å². The van der Waals surface area contributed by atoms with Crippen molar-refractivity contribution >= 4 is 11.6 Å². The zero-order valence-electron chi connectivity index (χ0n) is 16.5. The molecule has 0 aliphatic carbocycles. The highest BCUT2D eigenvalue weighted by Crippen LogP contribution is 2.17. The fourth-order valence-electron chi connectivity index (χ4n) is 2.95. The van der Waals surface area contributed by atoms with Gasteiger partial charge in [0.1, 0.15) is 18.5 Å². The molecule has 0 saturated carbocycles. The molecule has 4 nitrogen and oxygen atoms in total. The summed E-state index contributed by atoms with van der Waals surface area (Å²) in [7, 11) is 1.71. The van der Waals surface area contributed by atoms with Crippen LogP contribution in [0, 0.1) is 13.8 Å². The molecule has 0 aromatic heterocycles. The molecule has 1 atom stereocenters. The van der Waals surface area contributed by atoms with E-state index in [0.29, 0.717) is 23.9 Å². The molecule has 0 radical (unpaired) electrons. The summed E-state index contributed by atoms with van der Waals surface area (Å²) in [5.74, 6) is 0.707. The summed E-state index contributed by atoms with van der Waals surface area (Å²) in [6.45, 7) is 7.39. The van der Waals surface area contributed by atoms with Gasteiger partial charge in [-0.05, 0) is 55.7 Å². The Balaban J connectivity index is 1.93. The van der Waals surface area contributed by atoms with E-state index in [0.717, 1.165) is 19.5 Å². The number of aliphatic hydroxyl groups is 1. The van der Waals surface area contributed by atoms with Crippen molar-refractivity contribution in [1.82, 2.24) is 4.90 Å². The van der Waals surface area contributed by atoms with Crippen LogP contribution in [0.2, 0.25) is 5.02 Å². The number of ether oxygens (including phenoxy) is 2. The number of hydrogen-bond acceptors (Lipinski definition) is 4. The second-order valence-corrected chi connectivity index (χ2v) is 7.37. The molecule has 0 fully saturated rings. The maximum Gasteiger partial charge on any atom is 0.119 e. The average molecular weight is 392 g/mol. The summed E-state index contributed by atoms with van der Waals surface area (Å²) in [5, 5.41) is 11.1. The summed E-state index contributed by atoms with van der Waals surface area (Å²) < 4.78 is 10.9. The van der Waals surface area contributed by atoms with Gasteiger partial charge in [-0.2, -0.15) is 0 Å². The minimum Gasteiger partial charge on any atom is -0.491 e. The highest BCUT2D eigenvalue weighted by Gasteiger charge is 2.14. The van der Waals surface area contributed by atoms with Crippen molar-refractivity contribution in [3.63, 3.8) is 0 Å². The maximum atomic E-state index is 10.5. The molecule has 27 heavy (non-hydrogen) atoms. The number of methoxy groups -OCH3 is 1. The highest BCUT2D eigenvalue weighted by atomic mass is 35.5. The molecular formula is C22H30ClNO3. The van der Waals surface area contributed by atoms with Crippen LogP contribution in [0.3, 0.4) is 0 Å². The number of aliphatic hydroxyl groups excluding tert-OH is 1. The van der Waals surface area contributed by atoms with Crippen LogP contribution in [0.1, 0.15) is 23.1 Å². The van der Waals surface area contributed by atoms with Crippen molar-refractivity contribution in [3.05, 3.63) is 64.2 Å². The van der Waals surface area contributed by atoms with Crippen molar-refractivity contribution in [1.29, 1.82) is 0 Å². The summed E-state index contributed by atoms with van der Waals surface area (Å²) >= 11 is 5.88. The molecule has 1 N–H and O–H groups in total. The van der Waals surface area contributed by atoms with E-state index in [2.05, 4.69) is 36.9 Å². The number of hydrogen-bond donors (Lipinski definition) is 1. The Kier molecular flexibility index (Phi) is 9.08. The van der Waals surface area contributed by atoms with Gasteiger partial charge in [-0.15, -0.1) is 0 Å².